The first-order valence-electron chi connectivity index (χ1n) is 4.96. The predicted molar refractivity (Wildman–Crippen MR) is 70.7 cm³/mol. The van der Waals surface area contributed by atoms with Gasteiger partial charge in [0, 0.05) is 15.7 Å². The van der Waals surface area contributed by atoms with Crippen molar-refractivity contribution in [2.24, 2.45) is 5.73 Å². The predicted octanol–water partition coefficient (Wildman–Crippen LogP) is 3.76. The van der Waals surface area contributed by atoms with Crippen LogP contribution in [-0.2, 0) is 0 Å². The lowest BCUT2D eigenvalue weighted by Crippen LogP contribution is -2.12. The van der Waals surface area contributed by atoms with E-state index in [0.29, 0.717) is 15.7 Å². The van der Waals surface area contributed by atoms with Crippen LogP contribution in [0.2, 0.25) is 0 Å². The van der Waals surface area contributed by atoms with Crippen molar-refractivity contribution in [3.8, 4) is 0 Å². The highest BCUT2D eigenvalue weighted by Crippen LogP contribution is 2.32. The zero-order valence-electron chi connectivity index (χ0n) is 9.18. The van der Waals surface area contributed by atoms with Crippen LogP contribution in [0, 0.1) is 11.2 Å². The lowest BCUT2D eigenvalue weighted by Gasteiger charge is -2.11. The van der Waals surface area contributed by atoms with E-state index in [-0.39, 0.29) is 16.1 Å². The van der Waals surface area contributed by atoms with Gasteiger partial charge in [-0.2, -0.15) is 0 Å². The lowest BCUT2D eigenvalue weighted by molar-refractivity contribution is 0.594. The zero-order valence-corrected chi connectivity index (χ0v) is 11.6. The van der Waals surface area contributed by atoms with E-state index < -0.39 is 0 Å². The molecule has 0 saturated carbocycles. The van der Waals surface area contributed by atoms with Gasteiger partial charge in [-0.3, -0.25) is 5.41 Å². The maximum absolute atomic E-state index is 13.9. The van der Waals surface area contributed by atoms with E-state index in [1.54, 1.807) is 12.1 Å². The highest BCUT2D eigenvalue weighted by atomic mass is 79.9. The van der Waals surface area contributed by atoms with E-state index in [4.69, 9.17) is 11.1 Å². The van der Waals surface area contributed by atoms with Gasteiger partial charge in [-0.1, -0.05) is 13.8 Å². The van der Waals surface area contributed by atoms with Gasteiger partial charge in [0.25, 0.3) is 0 Å². The Labute approximate surface area is 107 Å². The highest BCUT2D eigenvalue weighted by Gasteiger charge is 2.14. The Morgan fingerprint density at radius 3 is 2.75 bits per heavy atom. The molecule has 0 aromatic heterocycles. The molecule has 0 saturated heterocycles. The fourth-order valence-corrected chi connectivity index (χ4v) is 2.77. The molecular weight excluding hydrogens is 291 g/mol. The molecule has 1 unspecified atom stereocenters. The number of amidine groups is 1. The molecule has 2 nitrogen and oxygen atoms in total. The van der Waals surface area contributed by atoms with Gasteiger partial charge in [-0.05, 0) is 34.5 Å². The Morgan fingerprint density at radius 1 is 1.62 bits per heavy atom. The molecule has 0 amide bonds. The largest absolute Gasteiger partial charge is 0.384 e. The number of benzene rings is 1. The van der Waals surface area contributed by atoms with E-state index in [0.717, 1.165) is 6.42 Å². The van der Waals surface area contributed by atoms with E-state index >= 15 is 0 Å². The lowest BCUT2D eigenvalue weighted by atomic mass is 10.2. The number of hydrogen-bond donors (Lipinski definition) is 2. The summed E-state index contributed by atoms with van der Waals surface area (Å²) in [5, 5.41) is 7.66. The highest BCUT2D eigenvalue weighted by molar-refractivity contribution is 9.10. The minimum atomic E-state index is -0.335. The molecule has 16 heavy (non-hydrogen) atoms. The first-order chi connectivity index (χ1) is 7.47. The third kappa shape index (κ3) is 2.98. The summed E-state index contributed by atoms with van der Waals surface area (Å²) < 4.78 is 14.2. The Kier molecular flexibility index (Phi) is 4.80. The van der Waals surface area contributed by atoms with Crippen LogP contribution >= 0.6 is 27.7 Å². The fraction of sp³-hybridized carbons (Fsp3) is 0.364. The van der Waals surface area contributed by atoms with Gasteiger partial charge in [0.15, 0.2) is 5.82 Å². The summed E-state index contributed by atoms with van der Waals surface area (Å²) in [5.41, 5.74) is 5.74. The van der Waals surface area contributed by atoms with Gasteiger partial charge in [0.2, 0.25) is 0 Å². The second-order valence-corrected chi connectivity index (χ2v) is 5.76. The molecule has 0 radical (unpaired) electrons. The monoisotopic (exact) mass is 304 g/mol. The molecule has 0 aliphatic carbocycles. The number of rotatable bonds is 4. The van der Waals surface area contributed by atoms with E-state index in [1.165, 1.54) is 11.8 Å². The van der Waals surface area contributed by atoms with Gasteiger partial charge in [-0.15, -0.1) is 11.8 Å². The number of nitrogen functional groups attached to an aromatic ring is 1. The Morgan fingerprint density at radius 2 is 2.25 bits per heavy atom. The van der Waals surface area contributed by atoms with Crippen LogP contribution in [0.1, 0.15) is 25.8 Å². The molecule has 3 N–H and O–H groups in total. The Bertz CT molecular complexity index is 409. The molecule has 0 bridgehead atoms. The Balaban J connectivity index is 3.07. The molecule has 1 aromatic carbocycles. The SMILES string of the molecule is CCC(C)Sc1ccc(C(=N)N)c(Br)c1F. The fourth-order valence-electron chi connectivity index (χ4n) is 1.13. The summed E-state index contributed by atoms with van der Waals surface area (Å²) in [6.07, 6.45) is 0.982. The van der Waals surface area contributed by atoms with Crippen LogP contribution in [0.4, 0.5) is 4.39 Å². The van der Waals surface area contributed by atoms with Gasteiger partial charge >= 0.3 is 0 Å². The number of nitrogens with two attached hydrogens (primary N) is 1. The minimum absolute atomic E-state index is 0.133. The minimum Gasteiger partial charge on any atom is -0.384 e. The number of nitrogens with one attached hydrogen (secondary N) is 1. The molecular formula is C11H14BrFN2S. The number of thioether (sulfide) groups is 1. The number of hydrogen-bond acceptors (Lipinski definition) is 2. The molecule has 0 aliphatic rings. The molecule has 0 spiro atoms. The second kappa shape index (κ2) is 5.68. The van der Waals surface area contributed by atoms with Crippen molar-refractivity contribution in [3.63, 3.8) is 0 Å². The Hall–Kier alpha value is -0.550. The van der Waals surface area contributed by atoms with E-state index in [9.17, 15) is 4.39 Å². The molecule has 5 heteroatoms. The van der Waals surface area contributed by atoms with Crippen LogP contribution in [0.15, 0.2) is 21.5 Å². The van der Waals surface area contributed by atoms with Crippen LogP contribution < -0.4 is 5.73 Å². The van der Waals surface area contributed by atoms with Crippen LogP contribution in [0.3, 0.4) is 0 Å². The van der Waals surface area contributed by atoms with Crippen LogP contribution in [0.5, 0.6) is 0 Å². The van der Waals surface area contributed by atoms with Crippen molar-refractivity contribution in [2.45, 2.75) is 30.4 Å². The molecule has 1 atom stereocenters. The first kappa shape index (κ1) is 13.5. The van der Waals surface area contributed by atoms with Crippen LogP contribution in [-0.4, -0.2) is 11.1 Å². The quantitative estimate of drug-likeness (QED) is 0.505. The third-order valence-corrected chi connectivity index (χ3v) is 4.32. The van der Waals surface area contributed by atoms with Gasteiger partial charge in [0.1, 0.15) is 5.84 Å². The smallest absolute Gasteiger partial charge is 0.151 e. The van der Waals surface area contributed by atoms with Crippen molar-refractivity contribution in [1.82, 2.24) is 0 Å². The van der Waals surface area contributed by atoms with Crippen molar-refractivity contribution >= 4 is 33.5 Å². The van der Waals surface area contributed by atoms with Gasteiger partial charge in [0.05, 0.1) is 4.47 Å². The van der Waals surface area contributed by atoms with Gasteiger partial charge < -0.3 is 5.73 Å². The summed E-state index contributed by atoms with van der Waals surface area (Å²) >= 11 is 4.62. The first-order valence-corrected chi connectivity index (χ1v) is 6.63. The number of halogens is 2. The maximum atomic E-state index is 13.9. The van der Waals surface area contributed by atoms with Crippen LogP contribution in [0.25, 0.3) is 0 Å². The molecule has 88 valence electrons. The maximum Gasteiger partial charge on any atom is 0.151 e. The van der Waals surface area contributed by atoms with Gasteiger partial charge in [-0.25, -0.2) is 4.39 Å². The second-order valence-electron chi connectivity index (χ2n) is 3.49. The normalized spacial score (nSPS) is 12.5. The van der Waals surface area contributed by atoms with Crippen molar-refractivity contribution < 1.29 is 4.39 Å². The molecule has 1 aromatic rings. The van der Waals surface area contributed by atoms with Crippen molar-refractivity contribution in [1.29, 1.82) is 5.41 Å². The topological polar surface area (TPSA) is 49.9 Å². The zero-order chi connectivity index (χ0) is 12.3. The molecule has 0 aliphatic heterocycles. The van der Waals surface area contributed by atoms with Crippen molar-refractivity contribution in [3.05, 3.63) is 28.0 Å². The average molecular weight is 305 g/mol. The average Bonchev–Trinajstić information content (AvgIpc) is 2.24. The van der Waals surface area contributed by atoms with Crippen molar-refractivity contribution in [2.75, 3.05) is 0 Å². The standard InChI is InChI=1S/C11H14BrFN2S/c1-3-6(2)16-8-5-4-7(11(14)15)9(12)10(8)13/h4-6H,3H2,1-2H3,(H3,14,15). The molecule has 0 fully saturated rings. The third-order valence-electron chi connectivity index (χ3n) is 2.24. The summed E-state index contributed by atoms with van der Waals surface area (Å²) in [6, 6.07) is 3.34. The summed E-state index contributed by atoms with van der Waals surface area (Å²) in [5.74, 6) is -0.469. The summed E-state index contributed by atoms with van der Waals surface area (Å²) in [6.45, 7) is 4.12. The molecule has 1 rings (SSSR count). The molecule has 0 heterocycles. The summed E-state index contributed by atoms with van der Waals surface area (Å²) in [4.78, 5) is 0.589. The van der Waals surface area contributed by atoms with E-state index in [1.807, 2.05) is 0 Å². The summed E-state index contributed by atoms with van der Waals surface area (Å²) in [7, 11) is 0. The van der Waals surface area contributed by atoms with E-state index in [2.05, 4.69) is 29.8 Å².